The van der Waals surface area contributed by atoms with Gasteiger partial charge in [0.05, 0.1) is 30.7 Å². The fourth-order valence-corrected chi connectivity index (χ4v) is 3.64. The molecule has 0 bridgehead atoms. The zero-order valence-corrected chi connectivity index (χ0v) is 21.9. The van der Waals surface area contributed by atoms with Crippen molar-refractivity contribution in [1.82, 2.24) is 14.7 Å². The number of alkyl halides is 3. The van der Waals surface area contributed by atoms with E-state index in [1.807, 2.05) is 24.3 Å². The minimum absolute atomic E-state index is 0.266. The van der Waals surface area contributed by atoms with Gasteiger partial charge in [-0.2, -0.15) is 0 Å². The number of nitrogens with zero attached hydrogens (tertiary/aromatic N) is 4. The number of para-hydroxylation sites is 1. The molecule has 9 nitrogen and oxygen atoms in total. The molecule has 0 spiro atoms. The van der Waals surface area contributed by atoms with Gasteiger partial charge in [0.25, 0.3) is 0 Å². The molecule has 0 saturated carbocycles. The highest BCUT2D eigenvalue weighted by Crippen LogP contribution is 2.27. The topological polar surface area (TPSA) is 101 Å². The molecule has 0 aliphatic carbocycles. The summed E-state index contributed by atoms with van der Waals surface area (Å²) in [6.45, 7) is 5.86. The number of urea groups is 1. The van der Waals surface area contributed by atoms with Gasteiger partial charge in [-0.25, -0.2) is 19.2 Å². The van der Waals surface area contributed by atoms with Crippen LogP contribution < -0.4 is 24.4 Å². The van der Waals surface area contributed by atoms with E-state index in [2.05, 4.69) is 43.0 Å². The maximum atomic E-state index is 12.3. The van der Waals surface area contributed by atoms with E-state index >= 15 is 0 Å². The minimum Gasteiger partial charge on any atom is -0.482 e. The van der Waals surface area contributed by atoms with Crippen molar-refractivity contribution < 1.29 is 27.4 Å². The van der Waals surface area contributed by atoms with Gasteiger partial charge in [-0.05, 0) is 48.7 Å². The Labute approximate surface area is 222 Å². The highest BCUT2D eigenvalue weighted by molar-refractivity contribution is 7.96. The Bertz CT molecular complexity index is 1220. The van der Waals surface area contributed by atoms with Crippen LogP contribution >= 0.6 is 12.1 Å². The summed E-state index contributed by atoms with van der Waals surface area (Å²) in [6, 6.07) is 12.5. The molecule has 2 aromatic carbocycles. The molecule has 38 heavy (non-hydrogen) atoms. The van der Waals surface area contributed by atoms with E-state index in [1.54, 1.807) is 18.9 Å². The van der Waals surface area contributed by atoms with Crippen molar-refractivity contribution in [3.8, 4) is 11.5 Å². The van der Waals surface area contributed by atoms with Crippen molar-refractivity contribution in [2.24, 2.45) is 4.40 Å². The van der Waals surface area contributed by atoms with Crippen molar-refractivity contribution >= 4 is 41.7 Å². The minimum atomic E-state index is -4.75. The third-order valence-electron chi connectivity index (χ3n) is 4.99. The van der Waals surface area contributed by atoms with E-state index in [1.165, 1.54) is 42.9 Å². The Balaban J connectivity index is 1.46. The van der Waals surface area contributed by atoms with E-state index in [4.69, 9.17) is 4.74 Å². The maximum Gasteiger partial charge on any atom is 0.573 e. The lowest BCUT2D eigenvalue weighted by molar-refractivity contribution is -0.274. The van der Waals surface area contributed by atoms with Gasteiger partial charge < -0.3 is 19.7 Å². The monoisotopic (exact) mass is 548 g/mol. The molecule has 0 fully saturated rings. The quantitative estimate of drug-likeness (QED) is 0.221. The number of rotatable bonds is 10. The summed E-state index contributed by atoms with van der Waals surface area (Å²) in [4.78, 5) is 22.2. The summed E-state index contributed by atoms with van der Waals surface area (Å²) < 4.78 is 53.2. The number of anilines is 3. The highest BCUT2D eigenvalue weighted by atomic mass is 32.2. The zero-order valence-electron chi connectivity index (χ0n) is 21.1. The zero-order chi connectivity index (χ0) is 27.7. The third kappa shape index (κ3) is 8.83. The van der Waals surface area contributed by atoms with Gasteiger partial charge >= 0.3 is 12.4 Å². The number of nitrogens with one attached hydrogen (secondary N) is 2. The van der Waals surface area contributed by atoms with E-state index in [0.717, 1.165) is 23.4 Å². The molecule has 2 N–H and O–H groups in total. The maximum absolute atomic E-state index is 12.3. The van der Waals surface area contributed by atoms with Gasteiger partial charge in [0, 0.05) is 18.4 Å². The summed E-state index contributed by atoms with van der Waals surface area (Å²) in [5.74, 6) is 0.645. The molecular weight excluding hydrogens is 521 g/mol. The molecular formula is C25H27F3N6O3S. The first-order valence-electron chi connectivity index (χ1n) is 11.5. The molecule has 0 saturated heterocycles. The third-order valence-corrected chi connectivity index (χ3v) is 5.49. The number of hydrogen-bond donors (Lipinski definition) is 2. The number of ether oxygens (including phenoxy) is 2. The second kappa shape index (κ2) is 13.0. The number of aromatic nitrogens is 2. The first kappa shape index (κ1) is 28.6. The molecule has 1 heterocycles. The first-order valence-corrected chi connectivity index (χ1v) is 12.2. The van der Waals surface area contributed by atoms with E-state index < -0.39 is 18.5 Å². The Kier molecular flexibility index (Phi) is 9.77. The summed E-state index contributed by atoms with van der Waals surface area (Å²) in [6.07, 6.45) is -0.747. The Morgan fingerprint density at radius 1 is 1.05 bits per heavy atom. The molecule has 0 radical (unpaired) electrons. The fourth-order valence-electron chi connectivity index (χ4n) is 3.22. The second-order valence-corrected chi connectivity index (χ2v) is 8.88. The summed E-state index contributed by atoms with van der Waals surface area (Å²) in [7, 11) is 1.67. The smallest absolute Gasteiger partial charge is 0.482 e. The largest absolute Gasteiger partial charge is 0.573 e. The van der Waals surface area contributed by atoms with Gasteiger partial charge in [0.2, 0.25) is 5.95 Å². The molecule has 202 valence electrons. The average Bonchev–Trinajstić information content (AvgIpc) is 2.86. The Morgan fingerprint density at radius 2 is 1.71 bits per heavy atom. The molecule has 13 heteroatoms. The number of hydrogen-bond acceptors (Lipinski definition) is 8. The van der Waals surface area contributed by atoms with Crippen LogP contribution in [0.1, 0.15) is 32.3 Å². The van der Waals surface area contributed by atoms with Crippen molar-refractivity contribution in [3.05, 3.63) is 66.5 Å². The average molecular weight is 549 g/mol. The summed E-state index contributed by atoms with van der Waals surface area (Å²) >= 11 is 0.860. The number of amides is 2. The van der Waals surface area contributed by atoms with Crippen molar-refractivity contribution in [1.29, 1.82) is 0 Å². The van der Waals surface area contributed by atoms with Gasteiger partial charge in [-0.15, -0.1) is 13.2 Å². The Morgan fingerprint density at radius 3 is 2.34 bits per heavy atom. The van der Waals surface area contributed by atoms with Crippen molar-refractivity contribution in [2.75, 3.05) is 17.3 Å². The molecule has 1 aromatic heterocycles. The van der Waals surface area contributed by atoms with Crippen LogP contribution in [0.15, 0.2) is 65.3 Å². The lowest BCUT2D eigenvalue weighted by atomic mass is 10.0. The SMILES string of the molecule is CC(/C=N/SNC(=O)Nc1ccccc1C(C)C)Oc1cnc(N(C)c2ccc(OC(F)(F)F)cc2)nc1. The molecule has 2 amide bonds. The first-order chi connectivity index (χ1) is 18.0. The van der Waals surface area contributed by atoms with Crippen LogP contribution in [0.4, 0.5) is 35.3 Å². The van der Waals surface area contributed by atoms with E-state index in [-0.39, 0.29) is 11.7 Å². The standard InChI is InChI=1S/C25H27F3N6O3S/c1-16(2)21-7-5-6-8-22(21)32-24(35)33-38-31-13-17(3)36-20-14-29-23(30-15-20)34(4)18-9-11-19(12-10-18)37-25(26,27)28/h5-17H,1-4H3,(H2,32,33,35)/b31-13+. The van der Waals surface area contributed by atoms with Gasteiger partial charge in [0.15, 0.2) is 5.75 Å². The second-order valence-electron chi connectivity index (χ2n) is 8.29. The highest BCUT2D eigenvalue weighted by Gasteiger charge is 2.31. The van der Waals surface area contributed by atoms with Crippen LogP contribution in [-0.2, 0) is 0 Å². The molecule has 0 aliphatic rings. The summed E-state index contributed by atoms with van der Waals surface area (Å²) in [5.41, 5.74) is 2.34. The van der Waals surface area contributed by atoms with Crippen molar-refractivity contribution in [3.63, 3.8) is 0 Å². The number of benzene rings is 2. The van der Waals surface area contributed by atoms with E-state index in [0.29, 0.717) is 17.4 Å². The van der Waals surface area contributed by atoms with Crippen LogP contribution in [0.3, 0.4) is 0 Å². The Hall–Kier alpha value is -4.00. The lowest BCUT2D eigenvalue weighted by Gasteiger charge is -2.18. The summed E-state index contributed by atoms with van der Waals surface area (Å²) in [5, 5.41) is 2.81. The molecule has 1 atom stereocenters. The van der Waals surface area contributed by atoms with Crippen LogP contribution in [0, 0.1) is 0 Å². The van der Waals surface area contributed by atoms with Gasteiger partial charge in [0.1, 0.15) is 11.9 Å². The van der Waals surface area contributed by atoms with Crippen LogP contribution in [0.2, 0.25) is 0 Å². The van der Waals surface area contributed by atoms with Crippen LogP contribution in [0.25, 0.3) is 0 Å². The molecule has 3 aromatic rings. The number of carbonyl (C=O) groups is 1. The molecule has 0 aliphatic heterocycles. The predicted molar refractivity (Wildman–Crippen MR) is 142 cm³/mol. The lowest BCUT2D eigenvalue weighted by Crippen LogP contribution is -2.23. The molecule has 3 rings (SSSR count). The number of halogens is 3. The van der Waals surface area contributed by atoms with Gasteiger partial charge in [-0.3, -0.25) is 4.72 Å². The fraction of sp³-hybridized carbons (Fsp3) is 0.280. The van der Waals surface area contributed by atoms with E-state index in [9.17, 15) is 18.0 Å². The molecule has 1 unspecified atom stereocenters. The van der Waals surface area contributed by atoms with Crippen molar-refractivity contribution in [2.45, 2.75) is 39.2 Å². The van der Waals surface area contributed by atoms with Gasteiger partial charge in [-0.1, -0.05) is 32.0 Å². The van der Waals surface area contributed by atoms with Crippen LogP contribution in [-0.4, -0.2) is 41.7 Å². The predicted octanol–water partition coefficient (Wildman–Crippen LogP) is 6.49. The van der Waals surface area contributed by atoms with Crippen LogP contribution in [0.5, 0.6) is 11.5 Å². The normalized spacial score (nSPS) is 12.3. The number of carbonyl (C=O) groups excluding carboxylic acids is 1.